The Labute approximate surface area is 154 Å². The number of carbonyl (C=O) groups excluding carboxylic acids is 3. The lowest BCUT2D eigenvalue weighted by Crippen LogP contribution is -2.41. The molecule has 0 aromatic heterocycles. The summed E-state index contributed by atoms with van der Waals surface area (Å²) in [5.74, 6) is 0.641. The highest BCUT2D eigenvalue weighted by atomic mass is 16.2. The SMILES string of the molecule is CC(=O)NCC1CCN(C(=O)c2ccc(N3CCCCC3=O)cc2)CC1. The zero-order valence-corrected chi connectivity index (χ0v) is 15.4. The first-order valence-corrected chi connectivity index (χ1v) is 9.49. The molecule has 1 aromatic carbocycles. The Morgan fingerprint density at radius 2 is 1.77 bits per heavy atom. The summed E-state index contributed by atoms with van der Waals surface area (Å²) < 4.78 is 0. The van der Waals surface area contributed by atoms with Crippen molar-refractivity contribution >= 4 is 23.4 Å². The van der Waals surface area contributed by atoms with E-state index in [-0.39, 0.29) is 17.7 Å². The molecule has 0 saturated carbocycles. The van der Waals surface area contributed by atoms with Gasteiger partial charge < -0.3 is 15.1 Å². The van der Waals surface area contributed by atoms with Crippen LogP contribution in [-0.2, 0) is 9.59 Å². The first kappa shape index (κ1) is 18.4. The van der Waals surface area contributed by atoms with E-state index >= 15 is 0 Å². The molecule has 1 aromatic rings. The van der Waals surface area contributed by atoms with Gasteiger partial charge in [0, 0.05) is 50.8 Å². The van der Waals surface area contributed by atoms with E-state index in [0.29, 0.717) is 24.4 Å². The molecule has 2 saturated heterocycles. The van der Waals surface area contributed by atoms with Crippen molar-refractivity contribution in [2.75, 3.05) is 31.1 Å². The molecule has 2 aliphatic rings. The fraction of sp³-hybridized carbons (Fsp3) is 0.550. The van der Waals surface area contributed by atoms with Crippen molar-refractivity contribution in [1.29, 1.82) is 0 Å². The van der Waals surface area contributed by atoms with E-state index < -0.39 is 0 Å². The molecule has 0 radical (unpaired) electrons. The Morgan fingerprint density at radius 3 is 2.38 bits per heavy atom. The van der Waals surface area contributed by atoms with Gasteiger partial charge in [-0.25, -0.2) is 0 Å². The lowest BCUT2D eigenvalue weighted by molar-refractivity contribution is -0.120. The van der Waals surface area contributed by atoms with Gasteiger partial charge in [0.15, 0.2) is 0 Å². The highest BCUT2D eigenvalue weighted by Crippen LogP contribution is 2.23. The van der Waals surface area contributed by atoms with E-state index in [1.54, 1.807) is 0 Å². The van der Waals surface area contributed by atoms with Gasteiger partial charge in [0.1, 0.15) is 0 Å². The fourth-order valence-electron chi connectivity index (χ4n) is 3.67. The molecule has 0 unspecified atom stereocenters. The number of amides is 3. The molecule has 6 nitrogen and oxygen atoms in total. The summed E-state index contributed by atoms with van der Waals surface area (Å²) in [6.45, 7) is 4.41. The van der Waals surface area contributed by atoms with Crippen LogP contribution < -0.4 is 10.2 Å². The topological polar surface area (TPSA) is 69.7 Å². The van der Waals surface area contributed by atoms with E-state index in [4.69, 9.17) is 0 Å². The van der Waals surface area contributed by atoms with Gasteiger partial charge in [0.05, 0.1) is 0 Å². The number of anilines is 1. The first-order valence-electron chi connectivity index (χ1n) is 9.49. The molecule has 0 bridgehead atoms. The van der Waals surface area contributed by atoms with Crippen molar-refractivity contribution in [2.24, 2.45) is 5.92 Å². The number of hydrogen-bond acceptors (Lipinski definition) is 3. The van der Waals surface area contributed by atoms with Gasteiger partial charge in [0.2, 0.25) is 11.8 Å². The van der Waals surface area contributed by atoms with Crippen LogP contribution in [0.2, 0.25) is 0 Å². The molecule has 0 spiro atoms. The monoisotopic (exact) mass is 357 g/mol. The third-order valence-corrected chi connectivity index (χ3v) is 5.29. The third kappa shape index (κ3) is 4.42. The highest BCUT2D eigenvalue weighted by Gasteiger charge is 2.24. The Balaban J connectivity index is 1.55. The van der Waals surface area contributed by atoms with Gasteiger partial charge >= 0.3 is 0 Å². The van der Waals surface area contributed by atoms with Gasteiger partial charge in [-0.2, -0.15) is 0 Å². The second-order valence-corrected chi connectivity index (χ2v) is 7.22. The van der Waals surface area contributed by atoms with Crippen molar-refractivity contribution in [3.8, 4) is 0 Å². The van der Waals surface area contributed by atoms with Gasteiger partial charge in [-0.1, -0.05) is 0 Å². The molecular formula is C20H27N3O3. The third-order valence-electron chi connectivity index (χ3n) is 5.29. The lowest BCUT2D eigenvalue weighted by Gasteiger charge is -2.32. The molecule has 2 fully saturated rings. The van der Waals surface area contributed by atoms with Crippen molar-refractivity contribution < 1.29 is 14.4 Å². The summed E-state index contributed by atoms with van der Waals surface area (Å²) >= 11 is 0. The average Bonchev–Trinajstić information content (AvgIpc) is 2.67. The molecular weight excluding hydrogens is 330 g/mol. The lowest BCUT2D eigenvalue weighted by atomic mass is 9.96. The van der Waals surface area contributed by atoms with Gasteiger partial charge in [-0.3, -0.25) is 14.4 Å². The van der Waals surface area contributed by atoms with E-state index in [1.165, 1.54) is 6.92 Å². The molecule has 1 N–H and O–H groups in total. The minimum atomic E-state index is -0.00390. The summed E-state index contributed by atoms with van der Waals surface area (Å²) in [4.78, 5) is 39.4. The number of nitrogens with one attached hydrogen (secondary N) is 1. The minimum absolute atomic E-state index is 0.00390. The highest BCUT2D eigenvalue weighted by molar-refractivity contribution is 5.97. The Kier molecular flexibility index (Phi) is 5.91. The maximum atomic E-state index is 12.7. The van der Waals surface area contributed by atoms with Crippen molar-refractivity contribution in [2.45, 2.75) is 39.0 Å². The van der Waals surface area contributed by atoms with Crippen LogP contribution >= 0.6 is 0 Å². The Morgan fingerprint density at radius 1 is 1.08 bits per heavy atom. The molecule has 6 heteroatoms. The normalized spacial score (nSPS) is 18.7. The summed E-state index contributed by atoms with van der Waals surface area (Å²) in [6, 6.07) is 7.39. The van der Waals surface area contributed by atoms with Crippen LogP contribution in [-0.4, -0.2) is 48.8 Å². The molecule has 2 aliphatic heterocycles. The second-order valence-electron chi connectivity index (χ2n) is 7.22. The van der Waals surface area contributed by atoms with Crippen LogP contribution in [0.5, 0.6) is 0 Å². The largest absolute Gasteiger partial charge is 0.356 e. The molecule has 3 amide bonds. The van der Waals surface area contributed by atoms with Crippen LogP contribution in [0, 0.1) is 5.92 Å². The van der Waals surface area contributed by atoms with E-state index in [0.717, 1.165) is 51.0 Å². The summed E-state index contributed by atoms with van der Waals surface area (Å²) in [7, 11) is 0. The number of carbonyl (C=O) groups is 3. The number of likely N-dealkylation sites (tertiary alicyclic amines) is 1. The smallest absolute Gasteiger partial charge is 0.253 e. The van der Waals surface area contributed by atoms with Gasteiger partial charge in [-0.05, 0) is 55.9 Å². The van der Waals surface area contributed by atoms with Crippen LogP contribution in [0.1, 0.15) is 49.4 Å². The summed E-state index contributed by atoms with van der Waals surface area (Å²) in [5, 5.41) is 2.86. The van der Waals surface area contributed by atoms with E-state index in [2.05, 4.69) is 5.32 Å². The van der Waals surface area contributed by atoms with E-state index in [9.17, 15) is 14.4 Å². The molecule has 0 aliphatic carbocycles. The maximum absolute atomic E-state index is 12.7. The standard InChI is InChI=1S/C20H27N3O3/c1-15(24)21-14-16-9-12-22(13-10-16)20(26)17-5-7-18(8-6-17)23-11-3-2-4-19(23)25/h5-8,16H,2-4,9-14H2,1H3,(H,21,24). The Hall–Kier alpha value is -2.37. The first-order chi connectivity index (χ1) is 12.5. The van der Waals surface area contributed by atoms with Gasteiger partial charge in [-0.15, -0.1) is 0 Å². The van der Waals surface area contributed by atoms with Crippen LogP contribution in [0.4, 0.5) is 5.69 Å². The number of rotatable bonds is 4. The molecule has 2 heterocycles. The van der Waals surface area contributed by atoms with Crippen LogP contribution in [0.3, 0.4) is 0 Å². The number of benzene rings is 1. The van der Waals surface area contributed by atoms with E-state index in [1.807, 2.05) is 34.1 Å². The fourth-order valence-corrected chi connectivity index (χ4v) is 3.67. The zero-order valence-electron chi connectivity index (χ0n) is 15.4. The van der Waals surface area contributed by atoms with Crippen molar-refractivity contribution in [1.82, 2.24) is 10.2 Å². The van der Waals surface area contributed by atoms with Crippen LogP contribution in [0.15, 0.2) is 24.3 Å². The molecule has 3 rings (SSSR count). The zero-order chi connectivity index (χ0) is 18.5. The van der Waals surface area contributed by atoms with Crippen molar-refractivity contribution in [3.05, 3.63) is 29.8 Å². The summed E-state index contributed by atoms with van der Waals surface area (Å²) in [5.41, 5.74) is 1.54. The van der Waals surface area contributed by atoms with Crippen LogP contribution in [0.25, 0.3) is 0 Å². The summed E-state index contributed by atoms with van der Waals surface area (Å²) in [6.07, 6.45) is 4.41. The van der Waals surface area contributed by atoms with Gasteiger partial charge in [0.25, 0.3) is 5.91 Å². The molecule has 140 valence electrons. The predicted molar refractivity (Wildman–Crippen MR) is 100.0 cm³/mol. The number of nitrogens with zero attached hydrogens (tertiary/aromatic N) is 2. The van der Waals surface area contributed by atoms with Crippen molar-refractivity contribution in [3.63, 3.8) is 0 Å². The molecule has 0 atom stereocenters. The number of piperidine rings is 2. The Bertz CT molecular complexity index is 663. The maximum Gasteiger partial charge on any atom is 0.253 e. The number of hydrogen-bond donors (Lipinski definition) is 1. The quantitative estimate of drug-likeness (QED) is 0.898. The average molecular weight is 357 g/mol. The molecule has 26 heavy (non-hydrogen) atoms. The minimum Gasteiger partial charge on any atom is -0.356 e. The second kappa shape index (κ2) is 8.34. The predicted octanol–water partition coefficient (Wildman–Crippen LogP) is 2.19.